The lowest BCUT2D eigenvalue weighted by atomic mass is 9.96. The van der Waals surface area contributed by atoms with Gasteiger partial charge in [-0.1, -0.05) is 28.1 Å². The number of benzene rings is 2. The fourth-order valence-electron chi connectivity index (χ4n) is 3.93. The highest BCUT2D eigenvalue weighted by Gasteiger charge is 2.30. The third-order valence-electron chi connectivity index (χ3n) is 5.53. The summed E-state index contributed by atoms with van der Waals surface area (Å²) in [7, 11) is 0. The first-order chi connectivity index (χ1) is 13.6. The molecule has 5 nitrogen and oxygen atoms in total. The van der Waals surface area contributed by atoms with Gasteiger partial charge in [0.15, 0.2) is 17.2 Å². The number of likely N-dealkylation sites (tertiary alicyclic amines) is 1. The molecule has 6 heteroatoms. The second-order valence-corrected chi connectivity index (χ2v) is 8.20. The number of hydrogen-bond acceptors (Lipinski definition) is 4. The first kappa shape index (κ1) is 17.5. The molecule has 1 aliphatic heterocycles. The molecular weight excluding hydrogens is 420 g/mol. The van der Waals surface area contributed by atoms with E-state index in [-0.39, 0.29) is 11.8 Å². The standard InChI is InChI=1S/C22H19BrN2O3/c1-13-16-12-15(23)6-7-18(16)27-20(13)22(26)25-10-8-14(9-11-25)21-24-17-4-2-3-5-19(17)28-21/h2-7,12,14H,8-11H2,1H3. The monoisotopic (exact) mass is 438 g/mol. The number of amides is 1. The molecule has 28 heavy (non-hydrogen) atoms. The first-order valence-corrected chi connectivity index (χ1v) is 10.2. The molecule has 0 radical (unpaired) electrons. The van der Waals surface area contributed by atoms with Crippen LogP contribution < -0.4 is 0 Å². The van der Waals surface area contributed by atoms with Crippen LogP contribution in [0, 0.1) is 6.92 Å². The SMILES string of the molecule is Cc1c(C(=O)N2CCC(c3nc4ccccc4o3)CC2)oc2ccc(Br)cc12. The number of rotatable bonds is 2. The number of hydrogen-bond donors (Lipinski definition) is 0. The van der Waals surface area contributed by atoms with Crippen molar-refractivity contribution in [3.05, 3.63) is 64.2 Å². The van der Waals surface area contributed by atoms with Gasteiger partial charge in [-0.05, 0) is 50.1 Å². The van der Waals surface area contributed by atoms with Crippen LogP contribution in [0.5, 0.6) is 0 Å². The molecule has 0 saturated carbocycles. The number of para-hydroxylation sites is 2. The van der Waals surface area contributed by atoms with Crippen LogP contribution in [0.15, 0.2) is 55.8 Å². The number of nitrogens with zero attached hydrogens (tertiary/aromatic N) is 2. The zero-order valence-electron chi connectivity index (χ0n) is 15.4. The fraction of sp³-hybridized carbons (Fsp3) is 0.273. The lowest BCUT2D eigenvalue weighted by Crippen LogP contribution is -2.38. The minimum absolute atomic E-state index is 0.0409. The van der Waals surface area contributed by atoms with Gasteiger partial charge >= 0.3 is 0 Å². The maximum absolute atomic E-state index is 13.0. The molecule has 4 aromatic rings. The highest BCUT2D eigenvalue weighted by atomic mass is 79.9. The third kappa shape index (κ3) is 2.92. The van der Waals surface area contributed by atoms with Crippen LogP contribution in [0.2, 0.25) is 0 Å². The van der Waals surface area contributed by atoms with Crippen molar-refractivity contribution in [1.29, 1.82) is 0 Å². The molecule has 2 aromatic heterocycles. The predicted molar refractivity (Wildman–Crippen MR) is 111 cm³/mol. The molecule has 1 fully saturated rings. The Kier molecular flexibility index (Phi) is 4.23. The van der Waals surface area contributed by atoms with E-state index in [4.69, 9.17) is 8.83 Å². The summed E-state index contributed by atoms with van der Waals surface area (Å²) in [5, 5.41) is 0.971. The van der Waals surface area contributed by atoms with Gasteiger partial charge in [0.25, 0.3) is 5.91 Å². The number of fused-ring (bicyclic) bond motifs is 2. The van der Waals surface area contributed by atoms with Crippen molar-refractivity contribution < 1.29 is 13.6 Å². The Morgan fingerprint density at radius 1 is 1.11 bits per heavy atom. The molecule has 2 aromatic carbocycles. The average molecular weight is 439 g/mol. The number of furan rings is 1. The van der Waals surface area contributed by atoms with Crippen molar-refractivity contribution in [2.45, 2.75) is 25.7 Å². The molecule has 0 unspecified atom stereocenters. The summed E-state index contributed by atoms with van der Waals surface area (Å²) in [5.74, 6) is 1.41. The van der Waals surface area contributed by atoms with Gasteiger partial charge in [-0.15, -0.1) is 0 Å². The summed E-state index contributed by atoms with van der Waals surface area (Å²) in [6.07, 6.45) is 1.67. The number of aryl methyl sites for hydroxylation is 1. The van der Waals surface area contributed by atoms with Crippen molar-refractivity contribution in [2.24, 2.45) is 0 Å². The van der Waals surface area contributed by atoms with Crippen LogP contribution in [0.25, 0.3) is 22.1 Å². The van der Waals surface area contributed by atoms with E-state index in [0.29, 0.717) is 18.8 Å². The Hall–Kier alpha value is -2.60. The van der Waals surface area contributed by atoms with Crippen molar-refractivity contribution >= 4 is 43.9 Å². The summed E-state index contributed by atoms with van der Waals surface area (Å²) >= 11 is 3.48. The maximum atomic E-state index is 13.0. The molecular formula is C22H19BrN2O3. The van der Waals surface area contributed by atoms with E-state index in [0.717, 1.165) is 50.8 Å². The molecule has 5 rings (SSSR count). The Balaban J connectivity index is 1.34. The summed E-state index contributed by atoms with van der Waals surface area (Å²) in [4.78, 5) is 19.5. The van der Waals surface area contributed by atoms with Crippen LogP contribution in [0.3, 0.4) is 0 Å². The van der Waals surface area contributed by atoms with Gasteiger partial charge in [-0.25, -0.2) is 4.98 Å². The lowest BCUT2D eigenvalue weighted by molar-refractivity contribution is 0.0676. The fourth-order valence-corrected chi connectivity index (χ4v) is 4.30. The zero-order chi connectivity index (χ0) is 19.3. The van der Waals surface area contributed by atoms with Crippen molar-refractivity contribution in [1.82, 2.24) is 9.88 Å². The molecule has 0 spiro atoms. The van der Waals surface area contributed by atoms with Crippen LogP contribution in [-0.4, -0.2) is 28.9 Å². The second kappa shape index (κ2) is 6.78. The van der Waals surface area contributed by atoms with E-state index < -0.39 is 0 Å². The highest BCUT2D eigenvalue weighted by molar-refractivity contribution is 9.10. The Labute approximate surface area is 170 Å². The van der Waals surface area contributed by atoms with Crippen molar-refractivity contribution in [3.63, 3.8) is 0 Å². The topological polar surface area (TPSA) is 59.5 Å². The van der Waals surface area contributed by atoms with Crippen LogP contribution >= 0.6 is 15.9 Å². The Bertz CT molecular complexity index is 1150. The normalized spacial score (nSPS) is 15.6. The number of halogens is 1. The molecule has 0 N–H and O–H groups in total. The Morgan fingerprint density at radius 3 is 2.68 bits per heavy atom. The van der Waals surface area contributed by atoms with E-state index in [1.165, 1.54) is 0 Å². The van der Waals surface area contributed by atoms with E-state index >= 15 is 0 Å². The molecule has 1 amide bonds. The van der Waals surface area contributed by atoms with E-state index in [2.05, 4.69) is 20.9 Å². The summed E-state index contributed by atoms with van der Waals surface area (Å²) in [6, 6.07) is 13.6. The third-order valence-corrected chi connectivity index (χ3v) is 6.03. The quantitative estimate of drug-likeness (QED) is 0.404. The first-order valence-electron chi connectivity index (χ1n) is 9.43. The van der Waals surface area contributed by atoms with E-state index in [1.807, 2.05) is 54.3 Å². The highest BCUT2D eigenvalue weighted by Crippen LogP contribution is 2.32. The summed E-state index contributed by atoms with van der Waals surface area (Å²) < 4.78 is 12.8. The number of aromatic nitrogens is 1. The van der Waals surface area contributed by atoms with Gasteiger partial charge in [0, 0.05) is 34.4 Å². The van der Waals surface area contributed by atoms with Crippen molar-refractivity contribution in [3.8, 4) is 0 Å². The number of oxazole rings is 1. The van der Waals surface area contributed by atoms with Crippen LogP contribution in [-0.2, 0) is 0 Å². The van der Waals surface area contributed by atoms with E-state index in [1.54, 1.807) is 0 Å². The molecule has 0 aliphatic carbocycles. The minimum atomic E-state index is -0.0409. The van der Waals surface area contributed by atoms with Crippen LogP contribution in [0.1, 0.15) is 40.8 Å². The van der Waals surface area contributed by atoms with Crippen molar-refractivity contribution in [2.75, 3.05) is 13.1 Å². The molecule has 0 bridgehead atoms. The Morgan fingerprint density at radius 2 is 1.89 bits per heavy atom. The summed E-state index contributed by atoms with van der Waals surface area (Å²) in [5.41, 5.74) is 3.34. The molecule has 1 aliphatic rings. The van der Waals surface area contributed by atoms with E-state index in [9.17, 15) is 4.79 Å². The maximum Gasteiger partial charge on any atom is 0.289 e. The lowest BCUT2D eigenvalue weighted by Gasteiger charge is -2.30. The summed E-state index contributed by atoms with van der Waals surface area (Å²) in [6.45, 7) is 3.28. The van der Waals surface area contributed by atoms with Gasteiger partial charge in [0.2, 0.25) is 0 Å². The molecule has 3 heterocycles. The average Bonchev–Trinajstić information content (AvgIpc) is 3.29. The van der Waals surface area contributed by atoms with Gasteiger partial charge in [-0.3, -0.25) is 4.79 Å². The molecule has 1 saturated heterocycles. The largest absolute Gasteiger partial charge is 0.451 e. The second-order valence-electron chi connectivity index (χ2n) is 7.28. The molecule has 142 valence electrons. The minimum Gasteiger partial charge on any atom is -0.451 e. The van der Waals surface area contributed by atoms with Gasteiger partial charge < -0.3 is 13.7 Å². The predicted octanol–water partition coefficient (Wildman–Crippen LogP) is 5.66. The van der Waals surface area contributed by atoms with Gasteiger partial charge in [0.05, 0.1) is 0 Å². The number of piperidine rings is 1. The molecule has 0 atom stereocenters. The number of carbonyl (C=O) groups excluding carboxylic acids is 1. The van der Waals surface area contributed by atoms with Gasteiger partial charge in [-0.2, -0.15) is 0 Å². The van der Waals surface area contributed by atoms with Crippen LogP contribution in [0.4, 0.5) is 0 Å². The zero-order valence-corrected chi connectivity index (χ0v) is 17.0. The smallest absolute Gasteiger partial charge is 0.289 e. The van der Waals surface area contributed by atoms with Gasteiger partial charge in [0.1, 0.15) is 11.1 Å². The number of carbonyl (C=O) groups is 1.